The molecule has 1 fully saturated rings. The lowest BCUT2D eigenvalue weighted by molar-refractivity contribution is -0.117. The van der Waals surface area contributed by atoms with E-state index < -0.39 is 0 Å². The van der Waals surface area contributed by atoms with Crippen molar-refractivity contribution in [3.05, 3.63) is 29.0 Å². The number of nitrogens with zero attached hydrogens (tertiary/aromatic N) is 2. The Hall–Kier alpha value is -1.36. The summed E-state index contributed by atoms with van der Waals surface area (Å²) < 4.78 is 2.81. The standard InChI is InChI=1S/C11H10BrN3O/c12-8-2-1-3-10-13-9(6-15(8)10)14-11(16)7-4-5-7/h1-3,6-7H,4-5H2,(H,14,16). The molecule has 1 aliphatic rings. The summed E-state index contributed by atoms with van der Waals surface area (Å²) in [6.07, 6.45) is 3.82. The SMILES string of the molecule is O=C(Nc1cn2c(Br)cccc2n1)C1CC1. The molecule has 2 aromatic heterocycles. The minimum Gasteiger partial charge on any atom is -0.309 e. The third-order valence-electron chi connectivity index (χ3n) is 2.64. The molecule has 16 heavy (non-hydrogen) atoms. The third kappa shape index (κ3) is 1.71. The highest BCUT2D eigenvalue weighted by Gasteiger charge is 2.29. The van der Waals surface area contributed by atoms with Crippen molar-refractivity contribution in [1.82, 2.24) is 9.38 Å². The van der Waals surface area contributed by atoms with Crippen LogP contribution in [-0.4, -0.2) is 15.3 Å². The van der Waals surface area contributed by atoms with Gasteiger partial charge in [0, 0.05) is 5.92 Å². The van der Waals surface area contributed by atoms with Gasteiger partial charge in [0.15, 0.2) is 5.82 Å². The van der Waals surface area contributed by atoms with Crippen molar-refractivity contribution in [3.63, 3.8) is 0 Å². The molecule has 3 rings (SSSR count). The van der Waals surface area contributed by atoms with E-state index in [0.29, 0.717) is 5.82 Å². The number of imidazole rings is 1. The summed E-state index contributed by atoms with van der Waals surface area (Å²) in [7, 11) is 0. The molecular formula is C11H10BrN3O. The molecule has 2 aromatic rings. The third-order valence-corrected chi connectivity index (χ3v) is 3.29. The summed E-state index contributed by atoms with van der Waals surface area (Å²) in [5, 5.41) is 2.83. The van der Waals surface area contributed by atoms with E-state index in [1.54, 1.807) is 0 Å². The number of nitrogens with one attached hydrogen (secondary N) is 1. The molecule has 82 valence electrons. The Kier molecular flexibility index (Phi) is 2.21. The Labute approximate surface area is 101 Å². The predicted molar refractivity (Wildman–Crippen MR) is 64.2 cm³/mol. The number of aromatic nitrogens is 2. The second-order valence-electron chi connectivity index (χ2n) is 3.97. The number of halogens is 1. The summed E-state index contributed by atoms with van der Waals surface area (Å²) >= 11 is 3.43. The van der Waals surface area contributed by atoms with E-state index in [1.807, 2.05) is 28.8 Å². The van der Waals surface area contributed by atoms with Gasteiger partial charge in [0.05, 0.1) is 10.8 Å². The monoisotopic (exact) mass is 279 g/mol. The minimum atomic E-state index is 0.0829. The second kappa shape index (κ2) is 3.59. The fourth-order valence-corrected chi connectivity index (χ4v) is 2.05. The molecule has 1 N–H and O–H groups in total. The summed E-state index contributed by atoms with van der Waals surface area (Å²) in [4.78, 5) is 15.9. The van der Waals surface area contributed by atoms with E-state index in [-0.39, 0.29) is 11.8 Å². The van der Waals surface area contributed by atoms with Crippen LogP contribution in [0.1, 0.15) is 12.8 Å². The van der Waals surface area contributed by atoms with Gasteiger partial charge < -0.3 is 5.32 Å². The summed E-state index contributed by atoms with van der Waals surface area (Å²) in [6.45, 7) is 0. The van der Waals surface area contributed by atoms with E-state index in [9.17, 15) is 4.79 Å². The molecule has 5 heteroatoms. The number of fused-ring (bicyclic) bond motifs is 1. The van der Waals surface area contributed by atoms with Crippen molar-refractivity contribution >= 4 is 33.3 Å². The minimum absolute atomic E-state index is 0.0829. The first-order valence-corrected chi connectivity index (χ1v) is 5.98. The first kappa shape index (κ1) is 9.84. The van der Waals surface area contributed by atoms with E-state index in [0.717, 1.165) is 23.1 Å². The van der Waals surface area contributed by atoms with Crippen LogP contribution in [0, 0.1) is 5.92 Å². The van der Waals surface area contributed by atoms with Crippen LogP contribution >= 0.6 is 15.9 Å². The number of hydrogen-bond acceptors (Lipinski definition) is 2. The zero-order valence-corrected chi connectivity index (χ0v) is 10.1. The molecule has 0 radical (unpaired) electrons. The number of carbonyl (C=O) groups is 1. The van der Waals surface area contributed by atoms with Crippen molar-refractivity contribution < 1.29 is 4.79 Å². The Morgan fingerprint density at radius 1 is 1.50 bits per heavy atom. The molecule has 4 nitrogen and oxygen atoms in total. The molecule has 0 aromatic carbocycles. The largest absolute Gasteiger partial charge is 0.309 e. The van der Waals surface area contributed by atoms with Crippen LogP contribution in [-0.2, 0) is 4.79 Å². The first-order valence-electron chi connectivity index (χ1n) is 5.18. The maximum Gasteiger partial charge on any atom is 0.228 e. The van der Waals surface area contributed by atoms with Crippen molar-refractivity contribution in [2.45, 2.75) is 12.8 Å². The molecule has 0 aliphatic heterocycles. The highest BCUT2D eigenvalue weighted by atomic mass is 79.9. The van der Waals surface area contributed by atoms with Crippen molar-refractivity contribution in [2.24, 2.45) is 5.92 Å². The second-order valence-corrected chi connectivity index (χ2v) is 4.78. The molecule has 1 amide bonds. The van der Waals surface area contributed by atoms with Crippen LogP contribution in [0.4, 0.5) is 5.82 Å². The lowest BCUT2D eigenvalue weighted by Crippen LogP contribution is -2.13. The van der Waals surface area contributed by atoms with E-state index in [4.69, 9.17) is 0 Å². The highest BCUT2D eigenvalue weighted by molar-refractivity contribution is 9.10. The predicted octanol–water partition coefficient (Wildman–Crippen LogP) is 2.45. The van der Waals surface area contributed by atoms with Crippen molar-refractivity contribution in [2.75, 3.05) is 5.32 Å². The first-order chi connectivity index (χ1) is 7.74. The maximum atomic E-state index is 11.6. The van der Waals surface area contributed by atoms with Gasteiger partial charge >= 0.3 is 0 Å². The van der Waals surface area contributed by atoms with Gasteiger partial charge in [0.25, 0.3) is 0 Å². The average Bonchev–Trinajstić information content (AvgIpc) is 3.01. The highest BCUT2D eigenvalue weighted by Crippen LogP contribution is 2.30. The Morgan fingerprint density at radius 2 is 2.31 bits per heavy atom. The molecule has 0 unspecified atom stereocenters. The van der Waals surface area contributed by atoms with Gasteiger partial charge in [0.1, 0.15) is 5.65 Å². The van der Waals surface area contributed by atoms with Crippen LogP contribution in [0.5, 0.6) is 0 Å². The topological polar surface area (TPSA) is 46.4 Å². The summed E-state index contributed by atoms with van der Waals surface area (Å²) in [6, 6.07) is 5.75. The lowest BCUT2D eigenvalue weighted by Gasteiger charge is -1.97. The molecule has 0 bridgehead atoms. The molecule has 0 saturated heterocycles. The molecular weight excluding hydrogens is 270 g/mol. The number of rotatable bonds is 2. The van der Waals surface area contributed by atoms with Crippen LogP contribution in [0.25, 0.3) is 5.65 Å². The molecule has 1 aliphatic carbocycles. The van der Waals surface area contributed by atoms with Crippen molar-refractivity contribution in [1.29, 1.82) is 0 Å². The van der Waals surface area contributed by atoms with Gasteiger partial charge in [-0.2, -0.15) is 0 Å². The van der Waals surface area contributed by atoms with Gasteiger partial charge in [-0.1, -0.05) is 6.07 Å². The number of pyridine rings is 1. The number of hydrogen-bond donors (Lipinski definition) is 1. The normalized spacial score (nSPS) is 15.3. The quantitative estimate of drug-likeness (QED) is 0.859. The van der Waals surface area contributed by atoms with Gasteiger partial charge in [-0.15, -0.1) is 0 Å². The number of carbonyl (C=O) groups excluding carboxylic acids is 1. The lowest BCUT2D eigenvalue weighted by atomic mass is 10.4. The fraction of sp³-hybridized carbons (Fsp3) is 0.273. The van der Waals surface area contributed by atoms with Gasteiger partial charge in [-0.3, -0.25) is 9.20 Å². The molecule has 0 atom stereocenters. The maximum absolute atomic E-state index is 11.6. The number of amides is 1. The zero-order valence-electron chi connectivity index (χ0n) is 8.48. The number of anilines is 1. The van der Waals surface area contributed by atoms with Crippen LogP contribution in [0.15, 0.2) is 29.0 Å². The molecule has 0 spiro atoms. The zero-order chi connectivity index (χ0) is 11.1. The Morgan fingerprint density at radius 3 is 3.00 bits per heavy atom. The van der Waals surface area contributed by atoms with Crippen LogP contribution < -0.4 is 5.32 Å². The van der Waals surface area contributed by atoms with Crippen LogP contribution in [0.2, 0.25) is 0 Å². The van der Waals surface area contributed by atoms with Gasteiger partial charge in [-0.25, -0.2) is 4.98 Å². The molecule has 1 saturated carbocycles. The van der Waals surface area contributed by atoms with E-state index in [2.05, 4.69) is 26.2 Å². The fourth-order valence-electron chi connectivity index (χ4n) is 1.61. The average molecular weight is 280 g/mol. The van der Waals surface area contributed by atoms with E-state index in [1.165, 1.54) is 0 Å². The van der Waals surface area contributed by atoms with Gasteiger partial charge in [-0.05, 0) is 40.9 Å². The summed E-state index contributed by atoms with van der Waals surface area (Å²) in [5.74, 6) is 0.900. The molecule has 2 heterocycles. The van der Waals surface area contributed by atoms with Crippen LogP contribution in [0.3, 0.4) is 0 Å². The Balaban J connectivity index is 1.92. The smallest absolute Gasteiger partial charge is 0.228 e. The van der Waals surface area contributed by atoms with Gasteiger partial charge in [0.2, 0.25) is 5.91 Å². The van der Waals surface area contributed by atoms with Crippen molar-refractivity contribution in [3.8, 4) is 0 Å². The Bertz CT molecular complexity index is 559. The summed E-state index contributed by atoms with van der Waals surface area (Å²) in [5.41, 5.74) is 0.820. The van der Waals surface area contributed by atoms with E-state index >= 15 is 0 Å².